The van der Waals surface area contributed by atoms with E-state index in [0.717, 1.165) is 10.4 Å². The SMILES string of the molecule is CC(C)Cc1c(Br)nnn1C(=O)n1ccnn1. The van der Waals surface area contributed by atoms with E-state index in [9.17, 15) is 4.79 Å². The normalized spacial score (nSPS) is 11.1. The molecule has 0 unspecified atom stereocenters. The van der Waals surface area contributed by atoms with Gasteiger partial charge in [-0.05, 0) is 28.3 Å². The molecular formula is C9H11BrN6O. The minimum atomic E-state index is -0.392. The second-order valence-electron chi connectivity index (χ2n) is 3.97. The highest BCUT2D eigenvalue weighted by molar-refractivity contribution is 9.10. The fourth-order valence-electron chi connectivity index (χ4n) is 1.40. The van der Waals surface area contributed by atoms with Crippen LogP contribution in [0.4, 0.5) is 4.79 Å². The van der Waals surface area contributed by atoms with E-state index in [1.807, 2.05) is 0 Å². The van der Waals surface area contributed by atoms with Gasteiger partial charge in [-0.25, -0.2) is 4.79 Å². The molecule has 2 aromatic rings. The van der Waals surface area contributed by atoms with Crippen LogP contribution in [-0.2, 0) is 6.42 Å². The van der Waals surface area contributed by atoms with E-state index in [0.29, 0.717) is 16.9 Å². The van der Waals surface area contributed by atoms with Crippen LogP contribution >= 0.6 is 15.9 Å². The molecular weight excluding hydrogens is 288 g/mol. The van der Waals surface area contributed by atoms with Gasteiger partial charge in [-0.2, -0.15) is 9.36 Å². The second-order valence-corrected chi connectivity index (χ2v) is 4.72. The van der Waals surface area contributed by atoms with E-state index in [1.54, 1.807) is 0 Å². The highest BCUT2D eigenvalue weighted by Crippen LogP contribution is 2.17. The van der Waals surface area contributed by atoms with E-state index >= 15 is 0 Å². The maximum absolute atomic E-state index is 12.0. The summed E-state index contributed by atoms with van der Waals surface area (Å²) < 4.78 is 2.93. The summed E-state index contributed by atoms with van der Waals surface area (Å²) >= 11 is 3.29. The Balaban J connectivity index is 2.36. The van der Waals surface area contributed by atoms with Crippen LogP contribution in [-0.4, -0.2) is 36.0 Å². The molecule has 0 N–H and O–H groups in total. The van der Waals surface area contributed by atoms with Crippen LogP contribution in [0.2, 0.25) is 0 Å². The van der Waals surface area contributed by atoms with Crippen molar-refractivity contribution in [1.82, 2.24) is 30.0 Å². The van der Waals surface area contributed by atoms with Crippen molar-refractivity contribution in [2.45, 2.75) is 20.3 Å². The van der Waals surface area contributed by atoms with Gasteiger partial charge in [0.15, 0.2) is 4.60 Å². The zero-order chi connectivity index (χ0) is 12.4. The predicted molar refractivity (Wildman–Crippen MR) is 62.5 cm³/mol. The number of carbonyl (C=O) groups excluding carboxylic acids is 1. The van der Waals surface area contributed by atoms with Crippen molar-refractivity contribution in [1.29, 1.82) is 0 Å². The smallest absolute Gasteiger partial charge is 0.243 e. The van der Waals surface area contributed by atoms with Crippen LogP contribution in [0.1, 0.15) is 19.5 Å². The monoisotopic (exact) mass is 298 g/mol. The van der Waals surface area contributed by atoms with Crippen LogP contribution in [0, 0.1) is 5.92 Å². The van der Waals surface area contributed by atoms with E-state index < -0.39 is 6.03 Å². The lowest BCUT2D eigenvalue weighted by Crippen LogP contribution is -2.24. The van der Waals surface area contributed by atoms with E-state index in [2.05, 4.69) is 50.4 Å². The van der Waals surface area contributed by atoms with E-state index in [1.165, 1.54) is 17.1 Å². The Labute approximate surface area is 106 Å². The number of carbonyl (C=O) groups is 1. The molecule has 0 aliphatic carbocycles. The van der Waals surface area contributed by atoms with Crippen LogP contribution in [0.5, 0.6) is 0 Å². The van der Waals surface area contributed by atoms with Crippen molar-refractivity contribution in [3.63, 3.8) is 0 Å². The molecule has 0 amide bonds. The number of aromatic nitrogens is 6. The van der Waals surface area contributed by atoms with Crippen LogP contribution in [0.3, 0.4) is 0 Å². The van der Waals surface area contributed by atoms with Crippen LogP contribution in [0.25, 0.3) is 0 Å². The van der Waals surface area contributed by atoms with Crippen molar-refractivity contribution in [2.75, 3.05) is 0 Å². The fraction of sp³-hybridized carbons (Fsp3) is 0.444. The molecule has 0 bridgehead atoms. The van der Waals surface area contributed by atoms with Gasteiger partial charge in [0, 0.05) is 0 Å². The van der Waals surface area contributed by atoms with Gasteiger partial charge in [0.2, 0.25) is 0 Å². The third kappa shape index (κ3) is 2.41. The molecule has 2 aromatic heterocycles. The zero-order valence-electron chi connectivity index (χ0n) is 9.41. The Morgan fingerprint density at radius 1 is 1.47 bits per heavy atom. The van der Waals surface area contributed by atoms with Gasteiger partial charge in [0.05, 0.1) is 18.1 Å². The Morgan fingerprint density at radius 3 is 2.82 bits per heavy atom. The number of hydrogen-bond acceptors (Lipinski definition) is 5. The summed E-state index contributed by atoms with van der Waals surface area (Å²) in [6.07, 6.45) is 3.61. The molecule has 17 heavy (non-hydrogen) atoms. The molecule has 0 aliphatic rings. The summed E-state index contributed by atoms with van der Waals surface area (Å²) in [5, 5.41) is 14.9. The van der Waals surface area contributed by atoms with Crippen molar-refractivity contribution in [2.24, 2.45) is 5.92 Å². The maximum Gasteiger partial charge on any atom is 0.372 e. The summed E-state index contributed by atoms with van der Waals surface area (Å²) in [6.45, 7) is 4.12. The van der Waals surface area contributed by atoms with E-state index in [4.69, 9.17) is 0 Å². The average molecular weight is 299 g/mol. The lowest BCUT2D eigenvalue weighted by molar-refractivity contribution is 0.236. The maximum atomic E-state index is 12.0. The molecule has 2 heterocycles. The van der Waals surface area contributed by atoms with Crippen molar-refractivity contribution in [3.05, 3.63) is 22.7 Å². The number of hydrogen-bond donors (Lipinski definition) is 0. The predicted octanol–water partition coefficient (Wildman–Crippen LogP) is 1.35. The van der Waals surface area contributed by atoms with Gasteiger partial charge in [0.1, 0.15) is 0 Å². The first-order valence-corrected chi connectivity index (χ1v) is 5.90. The molecule has 7 nitrogen and oxygen atoms in total. The minimum absolute atomic E-state index is 0.392. The third-order valence-electron chi connectivity index (χ3n) is 2.12. The summed E-state index contributed by atoms with van der Waals surface area (Å²) in [6, 6.07) is -0.392. The number of rotatable bonds is 2. The van der Waals surface area contributed by atoms with Crippen molar-refractivity contribution >= 4 is 22.0 Å². The molecule has 0 saturated carbocycles. The lowest BCUT2D eigenvalue weighted by Gasteiger charge is -2.06. The molecule has 0 fully saturated rings. The van der Waals surface area contributed by atoms with Crippen molar-refractivity contribution < 1.29 is 4.79 Å². The Morgan fingerprint density at radius 2 is 2.24 bits per heavy atom. The van der Waals surface area contributed by atoms with Gasteiger partial charge in [-0.3, -0.25) is 0 Å². The van der Waals surface area contributed by atoms with Gasteiger partial charge in [0.25, 0.3) is 0 Å². The Bertz CT molecular complexity index is 518. The van der Waals surface area contributed by atoms with Crippen LogP contribution in [0.15, 0.2) is 17.0 Å². The van der Waals surface area contributed by atoms with Gasteiger partial charge < -0.3 is 0 Å². The molecule has 0 radical (unpaired) electrons. The molecule has 0 atom stereocenters. The standard InChI is InChI=1S/C9H11BrN6O/c1-6(2)5-7-8(10)12-14-16(7)9(17)15-4-3-11-13-15/h3-4,6H,5H2,1-2H3. The molecule has 0 saturated heterocycles. The molecule has 0 aromatic carbocycles. The largest absolute Gasteiger partial charge is 0.372 e. The first-order valence-electron chi connectivity index (χ1n) is 5.10. The number of nitrogens with zero attached hydrogens (tertiary/aromatic N) is 6. The molecule has 90 valence electrons. The van der Waals surface area contributed by atoms with Gasteiger partial charge in [-0.15, -0.1) is 10.2 Å². The van der Waals surface area contributed by atoms with Gasteiger partial charge in [-0.1, -0.05) is 24.3 Å². The Hall–Kier alpha value is -1.57. The summed E-state index contributed by atoms with van der Waals surface area (Å²) in [4.78, 5) is 12.0. The first kappa shape index (κ1) is 11.9. The van der Waals surface area contributed by atoms with Crippen molar-refractivity contribution in [3.8, 4) is 0 Å². The van der Waals surface area contributed by atoms with Gasteiger partial charge >= 0.3 is 6.03 Å². The fourth-order valence-corrected chi connectivity index (χ4v) is 1.80. The summed E-state index contributed by atoms with van der Waals surface area (Å²) in [5.41, 5.74) is 0.737. The second kappa shape index (κ2) is 4.74. The third-order valence-corrected chi connectivity index (χ3v) is 2.73. The van der Waals surface area contributed by atoms with Crippen LogP contribution < -0.4 is 0 Å². The molecule has 2 rings (SSSR count). The summed E-state index contributed by atoms with van der Waals surface area (Å²) in [5.74, 6) is 0.395. The molecule has 8 heteroatoms. The number of halogens is 1. The molecule has 0 spiro atoms. The zero-order valence-corrected chi connectivity index (χ0v) is 11.0. The summed E-state index contributed by atoms with van der Waals surface area (Å²) in [7, 11) is 0. The quantitative estimate of drug-likeness (QED) is 0.836. The first-order chi connectivity index (χ1) is 8.09. The Kier molecular flexibility index (Phi) is 3.32. The average Bonchev–Trinajstić information content (AvgIpc) is 2.88. The topological polar surface area (TPSA) is 78.5 Å². The minimum Gasteiger partial charge on any atom is -0.243 e. The molecule has 0 aliphatic heterocycles. The lowest BCUT2D eigenvalue weighted by atomic mass is 10.1. The highest BCUT2D eigenvalue weighted by atomic mass is 79.9. The highest BCUT2D eigenvalue weighted by Gasteiger charge is 2.19. The van der Waals surface area contributed by atoms with E-state index in [-0.39, 0.29) is 0 Å².